The Bertz CT molecular complexity index is 379. The third-order valence-corrected chi connectivity index (χ3v) is 3.24. The van der Waals surface area contributed by atoms with Gasteiger partial charge in [0.15, 0.2) is 0 Å². The molecule has 1 aromatic rings. The van der Waals surface area contributed by atoms with Crippen LogP contribution in [0.2, 0.25) is 0 Å². The lowest BCUT2D eigenvalue weighted by atomic mass is 9.89. The second-order valence-electron chi connectivity index (χ2n) is 4.03. The first kappa shape index (κ1) is 7.34. The molecule has 0 fully saturated rings. The van der Waals surface area contributed by atoms with Gasteiger partial charge in [0.25, 0.3) is 0 Å². The zero-order chi connectivity index (χ0) is 8.84. The highest BCUT2D eigenvalue weighted by atomic mass is 14.7. The van der Waals surface area contributed by atoms with E-state index < -0.39 is 0 Å². The van der Waals surface area contributed by atoms with Gasteiger partial charge in [0.2, 0.25) is 0 Å². The van der Waals surface area contributed by atoms with Gasteiger partial charge in [-0.3, -0.25) is 0 Å². The van der Waals surface area contributed by atoms with E-state index in [4.69, 9.17) is 5.73 Å². The number of rotatable bonds is 0. The van der Waals surface area contributed by atoms with Crippen molar-refractivity contribution in [3.05, 3.63) is 41.0 Å². The molecule has 0 spiro atoms. The Hall–Kier alpha value is -1.08. The topological polar surface area (TPSA) is 26.0 Å². The Balaban J connectivity index is 2.28. The van der Waals surface area contributed by atoms with Crippen molar-refractivity contribution in [1.82, 2.24) is 0 Å². The van der Waals surface area contributed by atoms with Crippen LogP contribution in [0.1, 0.15) is 41.5 Å². The Morgan fingerprint density at radius 2 is 2.23 bits per heavy atom. The molecule has 66 valence electrons. The van der Waals surface area contributed by atoms with Crippen LogP contribution >= 0.6 is 0 Å². The van der Waals surface area contributed by atoms with Crippen LogP contribution in [0, 0.1) is 0 Å². The smallest absolute Gasteiger partial charge is 0.0303 e. The summed E-state index contributed by atoms with van der Waals surface area (Å²) in [6.45, 7) is 0. The van der Waals surface area contributed by atoms with Crippen LogP contribution in [-0.2, 0) is 0 Å². The van der Waals surface area contributed by atoms with Gasteiger partial charge < -0.3 is 5.73 Å². The van der Waals surface area contributed by atoms with Crippen LogP contribution in [0.15, 0.2) is 24.3 Å². The molecule has 0 heterocycles. The molecule has 2 unspecified atom stereocenters. The third kappa shape index (κ3) is 0.909. The molecule has 0 saturated heterocycles. The Labute approximate surface area is 78.3 Å². The summed E-state index contributed by atoms with van der Waals surface area (Å²) in [6, 6.07) is 6.77. The summed E-state index contributed by atoms with van der Waals surface area (Å²) in [6.07, 6.45) is 6.82. The SMILES string of the molecule is NC1CC2CC=Cc3cccc1c32. The van der Waals surface area contributed by atoms with E-state index in [1.54, 1.807) is 0 Å². The van der Waals surface area contributed by atoms with Gasteiger partial charge >= 0.3 is 0 Å². The van der Waals surface area contributed by atoms with Gasteiger partial charge in [-0.1, -0.05) is 30.4 Å². The van der Waals surface area contributed by atoms with E-state index in [1.165, 1.54) is 23.1 Å². The fourth-order valence-electron chi connectivity index (χ4n) is 2.67. The summed E-state index contributed by atoms with van der Waals surface area (Å²) in [5.74, 6) is 0.700. The molecule has 2 N–H and O–H groups in total. The summed E-state index contributed by atoms with van der Waals surface area (Å²) in [5.41, 5.74) is 10.4. The molecule has 1 aromatic carbocycles. The zero-order valence-corrected chi connectivity index (χ0v) is 7.53. The van der Waals surface area contributed by atoms with Crippen LogP contribution in [-0.4, -0.2) is 0 Å². The lowest BCUT2D eigenvalue weighted by Gasteiger charge is -2.16. The molecule has 2 atom stereocenters. The predicted octanol–water partition coefficient (Wildman–Crippen LogP) is 2.59. The lowest BCUT2D eigenvalue weighted by molar-refractivity contribution is 0.606. The third-order valence-electron chi connectivity index (χ3n) is 3.24. The van der Waals surface area contributed by atoms with Crippen LogP contribution in [0.25, 0.3) is 6.08 Å². The van der Waals surface area contributed by atoms with Crippen molar-refractivity contribution in [3.8, 4) is 0 Å². The van der Waals surface area contributed by atoms with Gasteiger partial charge in [-0.2, -0.15) is 0 Å². The molecule has 0 radical (unpaired) electrons. The Morgan fingerprint density at radius 1 is 1.31 bits per heavy atom. The average molecular weight is 171 g/mol. The number of hydrogen-bond acceptors (Lipinski definition) is 1. The zero-order valence-electron chi connectivity index (χ0n) is 7.53. The van der Waals surface area contributed by atoms with Crippen molar-refractivity contribution < 1.29 is 0 Å². The van der Waals surface area contributed by atoms with E-state index in [1.807, 2.05) is 0 Å². The van der Waals surface area contributed by atoms with E-state index in [-0.39, 0.29) is 6.04 Å². The molecule has 2 aliphatic rings. The first-order chi connectivity index (χ1) is 6.36. The maximum atomic E-state index is 6.08. The van der Waals surface area contributed by atoms with E-state index in [2.05, 4.69) is 30.4 Å². The molecular formula is C12H13N. The van der Waals surface area contributed by atoms with Crippen LogP contribution < -0.4 is 5.73 Å². The molecule has 1 nitrogen and oxygen atoms in total. The number of benzene rings is 1. The highest BCUT2D eigenvalue weighted by Crippen LogP contribution is 2.45. The van der Waals surface area contributed by atoms with Gasteiger partial charge in [0.05, 0.1) is 0 Å². The maximum Gasteiger partial charge on any atom is 0.0303 e. The monoisotopic (exact) mass is 171 g/mol. The molecule has 0 bridgehead atoms. The van der Waals surface area contributed by atoms with Crippen molar-refractivity contribution in [2.75, 3.05) is 0 Å². The second kappa shape index (κ2) is 2.46. The standard InChI is InChI=1S/C12H13N/c13-11-7-9-5-1-3-8-4-2-6-10(11)12(8)9/h1-4,6,9,11H,5,7,13H2. The quantitative estimate of drug-likeness (QED) is 0.638. The summed E-state index contributed by atoms with van der Waals surface area (Å²) >= 11 is 0. The molecule has 0 aliphatic heterocycles. The van der Waals surface area contributed by atoms with Crippen molar-refractivity contribution in [2.45, 2.75) is 24.8 Å². The lowest BCUT2D eigenvalue weighted by Crippen LogP contribution is -2.05. The summed E-state index contributed by atoms with van der Waals surface area (Å²) in [5, 5.41) is 0. The second-order valence-corrected chi connectivity index (χ2v) is 4.03. The minimum atomic E-state index is 0.278. The van der Waals surface area contributed by atoms with Gasteiger partial charge in [-0.05, 0) is 35.4 Å². The maximum absolute atomic E-state index is 6.08. The van der Waals surface area contributed by atoms with Gasteiger partial charge in [0.1, 0.15) is 0 Å². The average Bonchev–Trinajstić information content (AvgIpc) is 2.47. The van der Waals surface area contributed by atoms with Crippen LogP contribution in [0.5, 0.6) is 0 Å². The van der Waals surface area contributed by atoms with E-state index in [0.29, 0.717) is 5.92 Å². The normalized spacial score (nSPS) is 29.0. The summed E-state index contributed by atoms with van der Waals surface area (Å²) < 4.78 is 0. The molecule has 1 heteroatoms. The molecule has 0 saturated carbocycles. The predicted molar refractivity (Wildman–Crippen MR) is 54.4 cm³/mol. The first-order valence-electron chi connectivity index (χ1n) is 4.91. The highest BCUT2D eigenvalue weighted by Gasteiger charge is 2.30. The molecule has 3 rings (SSSR count). The Morgan fingerprint density at radius 3 is 3.15 bits per heavy atom. The van der Waals surface area contributed by atoms with Crippen molar-refractivity contribution in [2.24, 2.45) is 5.73 Å². The van der Waals surface area contributed by atoms with Gasteiger partial charge in [-0.25, -0.2) is 0 Å². The van der Waals surface area contributed by atoms with Crippen LogP contribution in [0.4, 0.5) is 0 Å². The molecule has 0 aromatic heterocycles. The van der Waals surface area contributed by atoms with Gasteiger partial charge in [0, 0.05) is 6.04 Å². The van der Waals surface area contributed by atoms with Crippen molar-refractivity contribution in [3.63, 3.8) is 0 Å². The van der Waals surface area contributed by atoms with Crippen molar-refractivity contribution in [1.29, 1.82) is 0 Å². The molecular weight excluding hydrogens is 158 g/mol. The highest BCUT2D eigenvalue weighted by molar-refractivity contribution is 5.62. The van der Waals surface area contributed by atoms with E-state index >= 15 is 0 Å². The molecule has 13 heavy (non-hydrogen) atoms. The van der Waals surface area contributed by atoms with E-state index in [0.717, 1.165) is 6.42 Å². The summed E-state index contributed by atoms with van der Waals surface area (Å²) in [4.78, 5) is 0. The van der Waals surface area contributed by atoms with Crippen molar-refractivity contribution >= 4 is 6.08 Å². The largest absolute Gasteiger partial charge is 0.324 e. The Kier molecular flexibility index (Phi) is 1.39. The minimum absolute atomic E-state index is 0.278. The first-order valence-corrected chi connectivity index (χ1v) is 4.91. The van der Waals surface area contributed by atoms with Crippen LogP contribution in [0.3, 0.4) is 0 Å². The fourth-order valence-corrected chi connectivity index (χ4v) is 2.67. The van der Waals surface area contributed by atoms with Gasteiger partial charge in [-0.15, -0.1) is 0 Å². The summed E-state index contributed by atoms with van der Waals surface area (Å²) in [7, 11) is 0. The fraction of sp³-hybridized carbons (Fsp3) is 0.333. The molecule has 2 aliphatic carbocycles. The number of allylic oxidation sites excluding steroid dienone is 1. The number of nitrogens with two attached hydrogens (primary N) is 1. The molecule has 0 amide bonds. The van der Waals surface area contributed by atoms with E-state index in [9.17, 15) is 0 Å². The number of hydrogen-bond donors (Lipinski definition) is 1. The minimum Gasteiger partial charge on any atom is -0.324 e.